The third-order valence-corrected chi connectivity index (χ3v) is 3.00. The van der Waals surface area contributed by atoms with Gasteiger partial charge in [-0.3, -0.25) is 0 Å². The second-order valence-electron chi connectivity index (χ2n) is 4.58. The number of alkyl halides is 6. The second kappa shape index (κ2) is 6.64. The highest BCUT2D eigenvalue weighted by Gasteiger charge is 2.35. The zero-order valence-corrected chi connectivity index (χ0v) is 11.1. The van der Waals surface area contributed by atoms with Crippen molar-refractivity contribution >= 4 is 0 Å². The van der Waals surface area contributed by atoms with E-state index in [2.05, 4.69) is 5.32 Å². The Morgan fingerprint density at radius 1 is 1.10 bits per heavy atom. The molecule has 1 nitrogen and oxygen atoms in total. The molecular weight excluding hydrogens is 303 g/mol. The van der Waals surface area contributed by atoms with E-state index in [1.807, 2.05) is 0 Å². The lowest BCUT2D eigenvalue weighted by atomic mass is 9.95. The van der Waals surface area contributed by atoms with Gasteiger partial charge >= 0.3 is 12.4 Å². The van der Waals surface area contributed by atoms with Crippen LogP contribution in [0.5, 0.6) is 0 Å². The van der Waals surface area contributed by atoms with Gasteiger partial charge in [0.15, 0.2) is 0 Å². The molecule has 0 aliphatic rings. The van der Waals surface area contributed by atoms with Crippen LogP contribution >= 0.6 is 0 Å². The summed E-state index contributed by atoms with van der Waals surface area (Å²) >= 11 is 0. The molecule has 0 saturated heterocycles. The Balaban J connectivity index is 2.97. The SMILES string of the molecule is CNC(CCCC(F)(F)F)c1cc(F)ccc1C(F)(F)F. The van der Waals surface area contributed by atoms with Gasteiger partial charge < -0.3 is 5.32 Å². The number of nitrogens with one attached hydrogen (secondary N) is 1. The summed E-state index contributed by atoms with van der Waals surface area (Å²) in [4.78, 5) is 0. The van der Waals surface area contributed by atoms with Crippen LogP contribution < -0.4 is 5.32 Å². The molecule has 0 saturated carbocycles. The van der Waals surface area contributed by atoms with Crippen molar-refractivity contribution in [3.8, 4) is 0 Å². The van der Waals surface area contributed by atoms with E-state index < -0.39 is 36.2 Å². The van der Waals surface area contributed by atoms with Crippen LogP contribution in [0.15, 0.2) is 18.2 Å². The van der Waals surface area contributed by atoms with E-state index >= 15 is 0 Å². The van der Waals surface area contributed by atoms with Gasteiger partial charge in [0.05, 0.1) is 5.56 Å². The molecule has 0 bridgehead atoms. The van der Waals surface area contributed by atoms with E-state index in [4.69, 9.17) is 0 Å². The lowest BCUT2D eigenvalue weighted by Crippen LogP contribution is -2.22. The summed E-state index contributed by atoms with van der Waals surface area (Å²) in [6.45, 7) is 0. The van der Waals surface area contributed by atoms with Crippen LogP contribution in [0.3, 0.4) is 0 Å². The molecule has 1 aromatic carbocycles. The van der Waals surface area contributed by atoms with Crippen LogP contribution in [-0.2, 0) is 6.18 Å². The van der Waals surface area contributed by atoms with Gasteiger partial charge in [0.25, 0.3) is 0 Å². The number of hydrogen-bond donors (Lipinski definition) is 1. The molecule has 0 heterocycles. The molecule has 1 N–H and O–H groups in total. The average Bonchev–Trinajstić information content (AvgIpc) is 2.31. The first-order chi connectivity index (χ1) is 9.54. The number of rotatable bonds is 5. The molecule has 1 unspecified atom stereocenters. The molecule has 1 rings (SSSR count). The Morgan fingerprint density at radius 3 is 2.19 bits per heavy atom. The highest BCUT2D eigenvalue weighted by molar-refractivity contribution is 5.33. The van der Waals surface area contributed by atoms with Gasteiger partial charge in [-0.05, 0) is 43.7 Å². The fourth-order valence-corrected chi connectivity index (χ4v) is 2.04. The molecule has 21 heavy (non-hydrogen) atoms. The first-order valence-electron chi connectivity index (χ1n) is 6.15. The van der Waals surface area contributed by atoms with Crippen molar-refractivity contribution in [1.82, 2.24) is 5.32 Å². The van der Waals surface area contributed by atoms with Gasteiger partial charge in [-0.15, -0.1) is 0 Å². The minimum Gasteiger partial charge on any atom is -0.313 e. The van der Waals surface area contributed by atoms with Crippen molar-refractivity contribution in [3.63, 3.8) is 0 Å². The summed E-state index contributed by atoms with van der Waals surface area (Å²) in [5.41, 5.74) is -1.43. The van der Waals surface area contributed by atoms with Crippen LogP contribution in [0.1, 0.15) is 36.4 Å². The summed E-state index contributed by atoms with van der Waals surface area (Å²) < 4.78 is 88.0. The van der Waals surface area contributed by atoms with E-state index in [-0.39, 0.29) is 18.4 Å². The monoisotopic (exact) mass is 317 g/mol. The van der Waals surface area contributed by atoms with Crippen LogP contribution in [0, 0.1) is 5.82 Å². The van der Waals surface area contributed by atoms with E-state index in [1.165, 1.54) is 7.05 Å². The predicted octanol–water partition coefficient (Wildman–Crippen LogP) is 4.84. The standard InChI is InChI=1S/C13H14F7N/c1-21-11(3-2-6-12(15,16)17)9-7-8(14)4-5-10(9)13(18,19)20/h4-5,7,11,21H,2-3,6H2,1H3. The number of hydrogen-bond acceptors (Lipinski definition) is 1. The van der Waals surface area contributed by atoms with Gasteiger partial charge in [-0.2, -0.15) is 26.3 Å². The summed E-state index contributed by atoms with van der Waals surface area (Å²) in [7, 11) is 1.32. The summed E-state index contributed by atoms with van der Waals surface area (Å²) in [5.74, 6) is -0.867. The lowest BCUT2D eigenvalue weighted by Gasteiger charge is -2.21. The molecule has 0 spiro atoms. The molecule has 0 aromatic heterocycles. The molecule has 0 radical (unpaired) electrons. The Bertz CT molecular complexity index is 465. The zero-order chi connectivity index (χ0) is 16.3. The molecule has 1 atom stereocenters. The van der Waals surface area contributed by atoms with Crippen molar-refractivity contribution in [2.75, 3.05) is 7.05 Å². The van der Waals surface area contributed by atoms with Crippen LogP contribution in [0.4, 0.5) is 30.7 Å². The fourth-order valence-electron chi connectivity index (χ4n) is 2.04. The largest absolute Gasteiger partial charge is 0.416 e. The van der Waals surface area contributed by atoms with Crippen molar-refractivity contribution in [2.45, 2.75) is 37.7 Å². The van der Waals surface area contributed by atoms with Crippen molar-refractivity contribution in [3.05, 3.63) is 35.1 Å². The van der Waals surface area contributed by atoms with Crippen LogP contribution in [0.2, 0.25) is 0 Å². The van der Waals surface area contributed by atoms with Gasteiger partial charge in [-0.25, -0.2) is 4.39 Å². The highest BCUT2D eigenvalue weighted by Crippen LogP contribution is 2.36. The maximum atomic E-state index is 13.2. The topological polar surface area (TPSA) is 12.0 Å². The Kier molecular flexibility index (Phi) is 5.61. The Morgan fingerprint density at radius 2 is 1.71 bits per heavy atom. The highest BCUT2D eigenvalue weighted by atomic mass is 19.4. The normalized spacial score (nSPS) is 14.3. The Hall–Kier alpha value is -1.31. The third kappa shape index (κ3) is 5.53. The minimum atomic E-state index is -4.69. The smallest absolute Gasteiger partial charge is 0.313 e. The molecule has 0 fully saturated rings. The fraction of sp³-hybridized carbons (Fsp3) is 0.538. The number of halogens is 7. The average molecular weight is 317 g/mol. The maximum Gasteiger partial charge on any atom is 0.416 e. The predicted molar refractivity (Wildman–Crippen MR) is 63.1 cm³/mol. The zero-order valence-electron chi connectivity index (χ0n) is 11.1. The maximum absolute atomic E-state index is 13.2. The quantitative estimate of drug-likeness (QED) is 0.767. The van der Waals surface area contributed by atoms with Crippen molar-refractivity contribution in [1.29, 1.82) is 0 Å². The molecule has 8 heteroatoms. The second-order valence-corrected chi connectivity index (χ2v) is 4.58. The van der Waals surface area contributed by atoms with Crippen LogP contribution in [-0.4, -0.2) is 13.2 Å². The Labute approximate surface area is 117 Å². The van der Waals surface area contributed by atoms with Crippen molar-refractivity contribution < 1.29 is 30.7 Å². The van der Waals surface area contributed by atoms with Gasteiger partial charge in [0.2, 0.25) is 0 Å². The molecule has 0 aliphatic carbocycles. The molecule has 0 aliphatic heterocycles. The molecular formula is C13H14F7N. The van der Waals surface area contributed by atoms with E-state index in [0.717, 1.165) is 0 Å². The van der Waals surface area contributed by atoms with E-state index in [0.29, 0.717) is 18.2 Å². The van der Waals surface area contributed by atoms with Crippen molar-refractivity contribution in [2.24, 2.45) is 0 Å². The first-order valence-corrected chi connectivity index (χ1v) is 6.15. The molecule has 1 aromatic rings. The number of benzene rings is 1. The van der Waals surface area contributed by atoms with Crippen LogP contribution in [0.25, 0.3) is 0 Å². The lowest BCUT2D eigenvalue weighted by molar-refractivity contribution is -0.139. The van der Waals surface area contributed by atoms with Gasteiger partial charge in [-0.1, -0.05) is 0 Å². The third-order valence-electron chi connectivity index (χ3n) is 3.00. The van der Waals surface area contributed by atoms with Gasteiger partial charge in [0.1, 0.15) is 5.82 Å². The van der Waals surface area contributed by atoms with Gasteiger partial charge in [0, 0.05) is 12.5 Å². The van der Waals surface area contributed by atoms with E-state index in [1.54, 1.807) is 0 Å². The summed E-state index contributed by atoms with van der Waals surface area (Å²) in [5, 5.41) is 2.51. The summed E-state index contributed by atoms with van der Waals surface area (Å²) in [6.07, 6.45) is -10.7. The molecule has 120 valence electrons. The summed E-state index contributed by atoms with van der Waals surface area (Å²) in [6, 6.07) is 0.977. The first kappa shape index (κ1) is 17.7. The van der Waals surface area contributed by atoms with E-state index in [9.17, 15) is 30.7 Å². The molecule has 0 amide bonds. The minimum absolute atomic E-state index is 0.178.